The molecule has 1 heterocycles. The van der Waals surface area contributed by atoms with Crippen LogP contribution in [0.25, 0.3) is 0 Å². The number of hydrogen-bond donors (Lipinski definition) is 1. The molecule has 1 atom stereocenters. The molecule has 4 nitrogen and oxygen atoms in total. The van der Waals surface area contributed by atoms with Crippen molar-refractivity contribution in [3.05, 3.63) is 23.8 Å². The molecule has 4 heteroatoms. The summed E-state index contributed by atoms with van der Waals surface area (Å²) in [6, 6.07) is 5.52. The van der Waals surface area contributed by atoms with E-state index in [1.165, 1.54) is 0 Å². The van der Waals surface area contributed by atoms with Crippen LogP contribution in [0.1, 0.15) is 12.0 Å². The summed E-state index contributed by atoms with van der Waals surface area (Å²) >= 11 is 0. The molecule has 2 rings (SSSR count). The fraction of sp³-hybridized carbons (Fsp3) is 0.364. The standard InChI is InChI=1S/C11H12O4/c1-14-9-3-2-4-10-8(9)5-7(15-10)6-11(12)13/h2-4,7H,5-6H2,1H3,(H,12,13). The number of methoxy groups -OCH3 is 1. The van der Waals surface area contributed by atoms with Crippen molar-refractivity contribution in [2.24, 2.45) is 0 Å². The van der Waals surface area contributed by atoms with E-state index in [0.29, 0.717) is 6.42 Å². The molecule has 15 heavy (non-hydrogen) atoms. The first-order chi connectivity index (χ1) is 7.20. The van der Waals surface area contributed by atoms with Crippen molar-refractivity contribution in [2.75, 3.05) is 7.11 Å². The summed E-state index contributed by atoms with van der Waals surface area (Å²) in [6.45, 7) is 0. The number of carbonyl (C=O) groups is 1. The molecule has 80 valence electrons. The third-order valence-corrected chi connectivity index (χ3v) is 2.44. The van der Waals surface area contributed by atoms with E-state index in [2.05, 4.69) is 0 Å². The van der Waals surface area contributed by atoms with Crippen LogP contribution in [-0.2, 0) is 11.2 Å². The molecule has 0 amide bonds. The second-order valence-electron chi connectivity index (χ2n) is 3.48. The van der Waals surface area contributed by atoms with Gasteiger partial charge in [-0.05, 0) is 12.1 Å². The summed E-state index contributed by atoms with van der Waals surface area (Å²) in [7, 11) is 1.60. The quantitative estimate of drug-likeness (QED) is 0.817. The Bertz CT molecular complexity index is 386. The number of fused-ring (bicyclic) bond motifs is 1. The van der Waals surface area contributed by atoms with Crippen LogP contribution in [0.3, 0.4) is 0 Å². The largest absolute Gasteiger partial charge is 0.496 e. The molecule has 0 bridgehead atoms. The van der Waals surface area contributed by atoms with Crippen LogP contribution in [-0.4, -0.2) is 24.3 Å². The Labute approximate surface area is 87.4 Å². The van der Waals surface area contributed by atoms with E-state index >= 15 is 0 Å². The predicted molar refractivity (Wildman–Crippen MR) is 53.4 cm³/mol. The van der Waals surface area contributed by atoms with Gasteiger partial charge in [-0.3, -0.25) is 4.79 Å². The predicted octanol–water partition coefficient (Wildman–Crippen LogP) is 1.47. The van der Waals surface area contributed by atoms with Crippen LogP contribution in [0.4, 0.5) is 0 Å². The lowest BCUT2D eigenvalue weighted by atomic mass is 10.1. The summed E-state index contributed by atoms with van der Waals surface area (Å²) in [4.78, 5) is 10.5. The lowest BCUT2D eigenvalue weighted by Gasteiger charge is -2.06. The molecule has 1 unspecified atom stereocenters. The molecule has 0 spiro atoms. The van der Waals surface area contributed by atoms with Gasteiger partial charge in [0.15, 0.2) is 0 Å². The first-order valence-corrected chi connectivity index (χ1v) is 4.75. The average Bonchev–Trinajstić information content (AvgIpc) is 2.58. The summed E-state index contributed by atoms with van der Waals surface area (Å²) in [5.74, 6) is 0.660. The van der Waals surface area contributed by atoms with Gasteiger partial charge in [0.2, 0.25) is 0 Å². The van der Waals surface area contributed by atoms with E-state index in [1.54, 1.807) is 7.11 Å². The molecule has 1 aromatic rings. The van der Waals surface area contributed by atoms with E-state index < -0.39 is 5.97 Å². The van der Waals surface area contributed by atoms with Gasteiger partial charge in [-0.1, -0.05) is 6.07 Å². The molecule has 0 radical (unpaired) electrons. The van der Waals surface area contributed by atoms with Gasteiger partial charge in [0, 0.05) is 12.0 Å². The summed E-state index contributed by atoms with van der Waals surface area (Å²) < 4.78 is 10.7. The molecule has 0 fully saturated rings. The zero-order valence-electron chi connectivity index (χ0n) is 8.40. The number of carboxylic acids is 1. The average molecular weight is 208 g/mol. The van der Waals surface area contributed by atoms with Gasteiger partial charge in [0.05, 0.1) is 13.5 Å². The normalized spacial score (nSPS) is 18.1. The molecular weight excluding hydrogens is 196 g/mol. The monoisotopic (exact) mass is 208 g/mol. The number of ether oxygens (including phenoxy) is 2. The molecule has 0 aliphatic carbocycles. The minimum Gasteiger partial charge on any atom is -0.496 e. The first-order valence-electron chi connectivity index (χ1n) is 4.75. The Hall–Kier alpha value is -1.71. The molecule has 1 aliphatic heterocycles. The van der Waals surface area contributed by atoms with Gasteiger partial charge in [0.1, 0.15) is 17.6 Å². The second kappa shape index (κ2) is 3.81. The Balaban J connectivity index is 2.19. The Morgan fingerprint density at radius 2 is 2.47 bits per heavy atom. The van der Waals surface area contributed by atoms with Crippen LogP contribution >= 0.6 is 0 Å². The molecule has 1 N–H and O–H groups in total. The van der Waals surface area contributed by atoms with E-state index in [4.69, 9.17) is 14.6 Å². The van der Waals surface area contributed by atoms with Crippen LogP contribution in [0, 0.1) is 0 Å². The molecule has 0 saturated carbocycles. The molecule has 0 saturated heterocycles. The highest BCUT2D eigenvalue weighted by Crippen LogP contribution is 2.36. The zero-order chi connectivity index (χ0) is 10.8. The highest BCUT2D eigenvalue weighted by Gasteiger charge is 2.27. The van der Waals surface area contributed by atoms with Crippen molar-refractivity contribution in [1.82, 2.24) is 0 Å². The van der Waals surface area contributed by atoms with Gasteiger partial charge in [-0.2, -0.15) is 0 Å². The maximum atomic E-state index is 10.5. The van der Waals surface area contributed by atoms with Gasteiger partial charge < -0.3 is 14.6 Å². The number of rotatable bonds is 3. The smallest absolute Gasteiger partial charge is 0.307 e. The van der Waals surface area contributed by atoms with Crippen molar-refractivity contribution in [2.45, 2.75) is 18.9 Å². The SMILES string of the molecule is COc1cccc2c1CC(CC(=O)O)O2. The van der Waals surface area contributed by atoms with E-state index in [9.17, 15) is 4.79 Å². The van der Waals surface area contributed by atoms with Gasteiger partial charge in [0.25, 0.3) is 0 Å². The van der Waals surface area contributed by atoms with Crippen molar-refractivity contribution >= 4 is 5.97 Å². The van der Waals surface area contributed by atoms with Crippen molar-refractivity contribution < 1.29 is 19.4 Å². The molecule has 0 aromatic heterocycles. The Morgan fingerprint density at radius 1 is 1.67 bits per heavy atom. The highest BCUT2D eigenvalue weighted by molar-refractivity contribution is 5.68. The lowest BCUT2D eigenvalue weighted by Crippen LogP contribution is -2.17. The highest BCUT2D eigenvalue weighted by atomic mass is 16.5. The fourth-order valence-corrected chi connectivity index (χ4v) is 1.81. The van der Waals surface area contributed by atoms with Crippen molar-refractivity contribution in [3.63, 3.8) is 0 Å². The van der Waals surface area contributed by atoms with Gasteiger partial charge >= 0.3 is 5.97 Å². The minimum atomic E-state index is -0.841. The third kappa shape index (κ3) is 1.88. The fourth-order valence-electron chi connectivity index (χ4n) is 1.81. The summed E-state index contributed by atoms with van der Waals surface area (Å²) in [5, 5.41) is 8.67. The number of benzene rings is 1. The maximum Gasteiger partial charge on any atom is 0.307 e. The second-order valence-corrected chi connectivity index (χ2v) is 3.48. The Morgan fingerprint density at radius 3 is 3.13 bits per heavy atom. The van der Waals surface area contributed by atoms with Crippen LogP contribution in [0.2, 0.25) is 0 Å². The minimum absolute atomic E-state index is 0.0256. The number of aliphatic carboxylic acids is 1. The number of carboxylic acid groups (broad SMARTS) is 1. The topological polar surface area (TPSA) is 55.8 Å². The lowest BCUT2D eigenvalue weighted by molar-refractivity contribution is -0.138. The van der Waals surface area contributed by atoms with Gasteiger partial charge in [-0.15, -0.1) is 0 Å². The summed E-state index contributed by atoms with van der Waals surface area (Å²) in [6.07, 6.45) is 0.359. The van der Waals surface area contributed by atoms with Crippen LogP contribution < -0.4 is 9.47 Å². The van der Waals surface area contributed by atoms with Crippen molar-refractivity contribution in [3.8, 4) is 11.5 Å². The van der Waals surface area contributed by atoms with E-state index in [0.717, 1.165) is 17.1 Å². The van der Waals surface area contributed by atoms with E-state index in [-0.39, 0.29) is 12.5 Å². The summed E-state index contributed by atoms with van der Waals surface area (Å²) in [5.41, 5.74) is 0.964. The van der Waals surface area contributed by atoms with Gasteiger partial charge in [-0.25, -0.2) is 0 Å². The zero-order valence-corrected chi connectivity index (χ0v) is 8.40. The third-order valence-electron chi connectivity index (χ3n) is 2.44. The molecule has 1 aromatic carbocycles. The van der Waals surface area contributed by atoms with E-state index in [1.807, 2.05) is 18.2 Å². The maximum absolute atomic E-state index is 10.5. The van der Waals surface area contributed by atoms with Crippen LogP contribution in [0.15, 0.2) is 18.2 Å². The first kappa shape index (κ1) is 9.83. The molecule has 1 aliphatic rings. The molecular formula is C11H12O4. The Kier molecular flexibility index (Phi) is 2.49. The van der Waals surface area contributed by atoms with Crippen LogP contribution in [0.5, 0.6) is 11.5 Å². The number of hydrogen-bond acceptors (Lipinski definition) is 3. The van der Waals surface area contributed by atoms with Crippen molar-refractivity contribution in [1.29, 1.82) is 0 Å².